The molecule has 0 aliphatic rings. The largest absolute Gasteiger partial charge is 0.218 e. The molecule has 0 spiro atoms. The van der Waals surface area contributed by atoms with Crippen molar-refractivity contribution >= 4 is 56.2 Å². The van der Waals surface area contributed by atoms with Crippen LogP contribution in [-0.2, 0) is 22.7 Å². The van der Waals surface area contributed by atoms with E-state index in [4.69, 9.17) is 46.4 Å². The van der Waals surface area contributed by atoms with E-state index in [1.165, 1.54) is 11.1 Å². The fourth-order valence-electron chi connectivity index (χ4n) is 2.38. The third-order valence-electron chi connectivity index (χ3n) is 3.48. The first kappa shape index (κ1) is 20.3. The highest BCUT2D eigenvalue weighted by Crippen LogP contribution is 2.30. The van der Waals surface area contributed by atoms with Crippen LogP contribution in [0.25, 0.3) is 0 Å². The van der Waals surface area contributed by atoms with Crippen LogP contribution in [0, 0.1) is 0 Å². The van der Waals surface area contributed by atoms with Gasteiger partial charge in [-0.25, -0.2) is 8.42 Å². The molecule has 2 nitrogen and oxygen atoms in total. The normalized spacial score (nSPS) is 13.1. The molecule has 0 radical (unpaired) electrons. The Hall–Kier alpha value is -0.970. The second kappa shape index (κ2) is 9.11. The van der Waals surface area contributed by atoms with Gasteiger partial charge in [0.15, 0.2) is 0 Å². The molecular weight excluding hydrogens is 422 g/mol. The Balaban J connectivity index is 2.58. The van der Waals surface area contributed by atoms with Crippen molar-refractivity contribution in [3.8, 4) is 0 Å². The van der Waals surface area contributed by atoms with Crippen LogP contribution >= 0.6 is 46.4 Å². The molecule has 132 valence electrons. The number of sulfone groups is 1. The van der Waals surface area contributed by atoms with Gasteiger partial charge in [-0.1, -0.05) is 82.8 Å². The minimum Gasteiger partial charge on any atom is -0.218 e. The van der Waals surface area contributed by atoms with Gasteiger partial charge in [-0.15, -0.1) is 0 Å². The molecule has 2 aromatic carbocycles. The van der Waals surface area contributed by atoms with Crippen LogP contribution in [0.5, 0.6) is 0 Å². The van der Waals surface area contributed by atoms with E-state index in [2.05, 4.69) is 0 Å². The number of benzene rings is 2. The minimum absolute atomic E-state index is 0.185. The molecule has 0 amide bonds. The maximum absolute atomic E-state index is 13.2. The highest BCUT2D eigenvalue weighted by atomic mass is 35.5. The number of hydrogen-bond acceptors (Lipinski definition) is 2. The molecule has 0 heterocycles. The van der Waals surface area contributed by atoms with Crippen LogP contribution < -0.4 is 0 Å². The summed E-state index contributed by atoms with van der Waals surface area (Å²) in [6.07, 6.45) is 0.454. The zero-order valence-corrected chi connectivity index (χ0v) is 16.8. The van der Waals surface area contributed by atoms with E-state index in [1.807, 2.05) is 0 Å². The standard InChI is InChI=1S/C18H14Cl4O2S/c19-11-15(21)9-13-5-1-3-7-17(13)25(23,24)18-8-4-2-6-14(18)10-16(22)12-20/h1-8,11-12H,9-10H2. The molecule has 0 unspecified atom stereocenters. The molecule has 0 saturated heterocycles. The summed E-state index contributed by atoms with van der Waals surface area (Å²) < 4.78 is 26.4. The van der Waals surface area contributed by atoms with Gasteiger partial charge in [0, 0.05) is 34.0 Å². The van der Waals surface area contributed by atoms with Crippen LogP contribution in [0.2, 0.25) is 0 Å². The number of halogens is 4. The van der Waals surface area contributed by atoms with Gasteiger partial charge < -0.3 is 0 Å². The third kappa shape index (κ3) is 5.02. The predicted octanol–water partition coefficient (Wildman–Crippen LogP) is 6.24. The Morgan fingerprint density at radius 1 is 0.760 bits per heavy atom. The Bertz CT molecular complexity index is 849. The lowest BCUT2D eigenvalue weighted by Gasteiger charge is -2.13. The molecule has 0 saturated carbocycles. The maximum atomic E-state index is 13.2. The first-order valence-electron chi connectivity index (χ1n) is 7.20. The van der Waals surface area contributed by atoms with Crippen LogP contribution in [0.4, 0.5) is 0 Å². The van der Waals surface area contributed by atoms with Gasteiger partial charge >= 0.3 is 0 Å². The van der Waals surface area contributed by atoms with Gasteiger partial charge in [0.05, 0.1) is 9.79 Å². The van der Waals surface area contributed by atoms with Gasteiger partial charge in [0.1, 0.15) is 0 Å². The van der Waals surface area contributed by atoms with Crippen LogP contribution in [0.15, 0.2) is 79.5 Å². The number of rotatable bonds is 6. The Kier molecular flexibility index (Phi) is 7.41. The summed E-state index contributed by atoms with van der Waals surface area (Å²) in [7, 11) is -3.77. The van der Waals surface area contributed by atoms with Crippen molar-refractivity contribution in [2.45, 2.75) is 22.6 Å². The third-order valence-corrected chi connectivity index (χ3v) is 6.67. The first-order valence-corrected chi connectivity index (χ1v) is 10.3. The van der Waals surface area contributed by atoms with Gasteiger partial charge in [0.25, 0.3) is 0 Å². The Morgan fingerprint density at radius 2 is 1.12 bits per heavy atom. The van der Waals surface area contributed by atoms with Crippen molar-refractivity contribution < 1.29 is 8.42 Å². The van der Waals surface area contributed by atoms with Crippen molar-refractivity contribution in [1.82, 2.24) is 0 Å². The molecule has 0 bridgehead atoms. The fraction of sp³-hybridized carbons (Fsp3) is 0.111. The smallest absolute Gasteiger partial charge is 0.207 e. The monoisotopic (exact) mass is 434 g/mol. The fourth-order valence-corrected chi connectivity index (χ4v) is 4.55. The number of allylic oxidation sites excluding steroid dienone is 2. The van der Waals surface area contributed by atoms with Crippen LogP contribution in [-0.4, -0.2) is 8.42 Å². The lowest BCUT2D eigenvalue weighted by Crippen LogP contribution is -2.09. The van der Waals surface area contributed by atoms with Crippen LogP contribution in [0.3, 0.4) is 0 Å². The average Bonchev–Trinajstić information content (AvgIpc) is 2.62. The van der Waals surface area contributed by atoms with E-state index in [0.29, 0.717) is 21.2 Å². The maximum Gasteiger partial charge on any atom is 0.207 e. The van der Waals surface area contributed by atoms with Gasteiger partial charge in [-0.05, 0) is 23.3 Å². The summed E-state index contributed by atoms with van der Waals surface area (Å²) in [6, 6.07) is 13.4. The lowest BCUT2D eigenvalue weighted by atomic mass is 10.1. The van der Waals surface area contributed by atoms with Gasteiger partial charge in [0.2, 0.25) is 9.84 Å². The first-order chi connectivity index (χ1) is 11.9. The molecule has 0 atom stereocenters. The van der Waals surface area contributed by atoms with E-state index in [-0.39, 0.29) is 22.6 Å². The molecule has 2 rings (SSSR count). The molecule has 0 aliphatic carbocycles. The Labute approximate surface area is 167 Å². The van der Waals surface area contributed by atoms with Gasteiger partial charge in [-0.2, -0.15) is 0 Å². The van der Waals surface area contributed by atoms with Crippen molar-refractivity contribution in [2.24, 2.45) is 0 Å². The molecule has 0 N–H and O–H groups in total. The van der Waals surface area contributed by atoms with E-state index in [0.717, 1.165) is 0 Å². The average molecular weight is 436 g/mol. The molecule has 25 heavy (non-hydrogen) atoms. The summed E-state index contributed by atoms with van der Waals surface area (Å²) in [5.41, 5.74) is 3.59. The lowest BCUT2D eigenvalue weighted by molar-refractivity contribution is 0.594. The summed E-state index contributed by atoms with van der Waals surface area (Å²) in [5.74, 6) is 0. The molecular formula is C18H14Cl4O2S. The van der Waals surface area contributed by atoms with Gasteiger partial charge in [-0.3, -0.25) is 0 Å². The van der Waals surface area contributed by atoms with E-state index >= 15 is 0 Å². The highest BCUT2D eigenvalue weighted by Gasteiger charge is 2.24. The zero-order chi connectivity index (χ0) is 18.4. The van der Waals surface area contributed by atoms with E-state index < -0.39 is 9.84 Å². The van der Waals surface area contributed by atoms with Crippen molar-refractivity contribution in [2.75, 3.05) is 0 Å². The second-order valence-corrected chi connectivity index (χ2v) is 8.48. The van der Waals surface area contributed by atoms with E-state index in [1.54, 1.807) is 48.5 Å². The summed E-state index contributed by atoms with van der Waals surface area (Å²) in [6.45, 7) is 0. The summed E-state index contributed by atoms with van der Waals surface area (Å²) in [5, 5.41) is 0.705. The van der Waals surface area contributed by atoms with Crippen molar-refractivity contribution in [3.63, 3.8) is 0 Å². The minimum atomic E-state index is -3.77. The predicted molar refractivity (Wildman–Crippen MR) is 105 cm³/mol. The Morgan fingerprint density at radius 3 is 1.48 bits per heavy atom. The molecule has 7 heteroatoms. The zero-order valence-electron chi connectivity index (χ0n) is 12.9. The number of hydrogen-bond donors (Lipinski definition) is 0. The highest BCUT2D eigenvalue weighted by molar-refractivity contribution is 7.91. The van der Waals surface area contributed by atoms with E-state index in [9.17, 15) is 8.42 Å². The molecule has 0 fully saturated rings. The quantitative estimate of drug-likeness (QED) is 0.537. The van der Waals surface area contributed by atoms with Crippen LogP contribution in [0.1, 0.15) is 11.1 Å². The molecule has 2 aromatic rings. The van der Waals surface area contributed by atoms with Crippen molar-refractivity contribution in [3.05, 3.63) is 80.8 Å². The van der Waals surface area contributed by atoms with Crippen molar-refractivity contribution in [1.29, 1.82) is 0 Å². The summed E-state index contributed by atoms with van der Waals surface area (Å²) >= 11 is 23.2. The second-order valence-electron chi connectivity index (χ2n) is 5.18. The molecule has 0 aromatic heterocycles. The SMILES string of the molecule is O=S(=O)(c1ccccc1CC(Cl)=CCl)c1ccccc1CC(Cl)=CCl. The summed E-state index contributed by atoms with van der Waals surface area (Å²) in [4.78, 5) is 0.371. The molecule has 0 aliphatic heterocycles. The topological polar surface area (TPSA) is 34.1 Å².